The lowest BCUT2D eigenvalue weighted by Crippen LogP contribution is -2.35. The summed E-state index contributed by atoms with van der Waals surface area (Å²) in [5.74, 6) is 0.913. The molecule has 1 N–H and O–H groups in total. The molecule has 2 rings (SSSR count). The van der Waals surface area contributed by atoms with E-state index >= 15 is 0 Å². The van der Waals surface area contributed by atoms with Crippen LogP contribution in [0.1, 0.15) is 56.5 Å². The number of amides is 2. The van der Waals surface area contributed by atoms with E-state index in [9.17, 15) is 9.59 Å². The fourth-order valence-corrected chi connectivity index (χ4v) is 2.37. The van der Waals surface area contributed by atoms with Gasteiger partial charge >= 0.3 is 0 Å². The van der Waals surface area contributed by atoms with Crippen LogP contribution in [0.2, 0.25) is 0 Å². The van der Waals surface area contributed by atoms with Crippen molar-refractivity contribution in [3.63, 3.8) is 0 Å². The highest BCUT2D eigenvalue weighted by Crippen LogP contribution is 2.28. The highest BCUT2D eigenvalue weighted by molar-refractivity contribution is 5.91. The molecule has 0 spiro atoms. The molecule has 1 saturated carbocycles. The second-order valence-corrected chi connectivity index (χ2v) is 6.34. The summed E-state index contributed by atoms with van der Waals surface area (Å²) in [7, 11) is 0. The van der Waals surface area contributed by atoms with Gasteiger partial charge < -0.3 is 14.6 Å². The maximum absolute atomic E-state index is 12.3. The fourth-order valence-electron chi connectivity index (χ4n) is 2.37. The van der Waals surface area contributed by atoms with Gasteiger partial charge in [-0.1, -0.05) is 13.8 Å². The van der Waals surface area contributed by atoms with Crippen LogP contribution < -0.4 is 5.32 Å². The molecule has 1 aliphatic rings. The van der Waals surface area contributed by atoms with Crippen LogP contribution in [0.4, 0.5) is 0 Å². The van der Waals surface area contributed by atoms with Gasteiger partial charge in [-0.05, 0) is 43.7 Å². The zero-order valence-corrected chi connectivity index (χ0v) is 13.5. The number of carbonyl (C=O) groups excluding carboxylic acids is 2. The third kappa shape index (κ3) is 5.20. The van der Waals surface area contributed by atoms with Crippen molar-refractivity contribution in [3.05, 3.63) is 24.2 Å². The first-order valence-electron chi connectivity index (χ1n) is 8.19. The second-order valence-electron chi connectivity index (χ2n) is 6.34. The Kier molecular flexibility index (Phi) is 6.04. The van der Waals surface area contributed by atoms with E-state index < -0.39 is 0 Å². The van der Waals surface area contributed by atoms with Gasteiger partial charge in [-0.15, -0.1) is 0 Å². The molecule has 0 radical (unpaired) electrons. The van der Waals surface area contributed by atoms with Crippen molar-refractivity contribution in [3.8, 4) is 0 Å². The normalized spacial score (nSPS) is 14.1. The molecule has 122 valence electrons. The highest BCUT2D eigenvalue weighted by Gasteiger charge is 2.31. The minimum Gasteiger partial charge on any atom is -0.459 e. The lowest BCUT2D eigenvalue weighted by Gasteiger charge is -2.23. The summed E-state index contributed by atoms with van der Waals surface area (Å²) in [4.78, 5) is 26.0. The molecule has 1 fully saturated rings. The predicted molar refractivity (Wildman–Crippen MR) is 84.5 cm³/mol. The smallest absolute Gasteiger partial charge is 0.286 e. The van der Waals surface area contributed by atoms with Crippen molar-refractivity contribution < 1.29 is 14.0 Å². The van der Waals surface area contributed by atoms with Crippen molar-refractivity contribution in [2.45, 2.75) is 52.0 Å². The minimum absolute atomic E-state index is 0.218. The molecule has 1 heterocycles. The molecule has 1 aliphatic carbocycles. The van der Waals surface area contributed by atoms with E-state index in [2.05, 4.69) is 19.2 Å². The molecule has 1 aromatic rings. The number of hydrogen-bond donors (Lipinski definition) is 1. The summed E-state index contributed by atoms with van der Waals surface area (Å²) < 4.78 is 5.02. The molecule has 5 heteroatoms. The summed E-state index contributed by atoms with van der Waals surface area (Å²) >= 11 is 0. The summed E-state index contributed by atoms with van der Waals surface area (Å²) in [6.07, 6.45) is 5.96. The standard InChI is InChI=1S/C17H26N2O3/c1-13(2)9-11-19(14-7-8-14)16(20)6-3-10-18-17(21)15-5-4-12-22-15/h4-5,12-14H,3,6-11H2,1-2H3,(H,18,21). The minimum atomic E-state index is -0.226. The molecule has 0 atom stereocenters. The third-order valence-corrected chi connectivity index (χ3v) is 3.85. The summed E-state index contributed by atoms with van der Waals surface area (Å²) in [5, 5.41) is 2.77. The van der Waals surface area contributed by atoms with E-state index in [4.69, 9.17) is 4.42 Å². The zero-order chi connectivity index (χ0) is 15.9. The Morgan fingerprint density at radius 1 is 1.41 bits per heavy atom. The van der Waals surface area contributed by atoms with Crippen LogP contribution in [-0.2, 0) is 4.79 Å². The van der Waals surface area contributed by atoms with Crippen molar-refractivity contribution in [2.75, 3.05) is 13.1 Å². The van der Waals surface area contributed by atoms with Gasteiger partial charge in [0.25, 0.3) is 5.91 Å². The molecule has 2 amide bonds. The molecule has 1 aromatic heterocycles. The fraction of sp³-hybridized carbons (Fsp3) is 0.647. The Balaban J connectivity index is 1.66. The number of nitrogens with one attached hydrogen (secondary N) is 1. The molecule has 0 bridgehead atoms. The Bertz CT molecular complexity index is 478. The van der Waals surface area contributed by atoms with Gasteiger partial charge in [0.05, 0.1) is 6.26 Å². The number of carbonyl (C=O) groups is 2. The molecule has 0 unspecified atom stereocenters. The van der Waals surface area contributed by atoms with Crippen LogP contribution in [-0.4, -0.2) is 35.8 Å². The SMILES string of the molecule is CC(C)CCN(C(=O)CCCNC(=O)c1ccco1)C1CC1. The van der Waals surface area contributed by atoms with Crippen molar-refractivity contribution in [2.24, 2.45) is 5.92 Å². The molecule has 5 nitrogen and oxygen atoms in total. The van der Waals surface area contributed by atoms with E-state index in [0.29, 0.717) is 37.1 Å². The number of hydrogen-bond acceptors (Lipinski definition) is 3. The molecular weight excluding hydrogens is 280 g/mol. The second kappa shape index (κ2) is 8.01. The average molecular weight is 306 g/mol. The summed E-state index contributed by atoms with van der Waals surface area (Å²) in [5.41, 5.74) is 0. The van der Waals surface area contributed by atoms with Crippen molar-refractivity contribution >= 4 is 11.8 Å². The summed E-state index contributed by atoms with van der Waals surface area (Å²) in [6.45, 7) is 5.72. The Labute approximate surface area is 132 Å². The highest BCUT2D eigenvalue weighted by atomic mass is 16.3. The van der Waals surface area contributed by atoms with Crippen LogP contribution in [0.25, 0.3) is 0 Å². The first-order chi connectivity index (χ1) is 10.6. The van der Waals surface area contributed by atoms with Crippen LogP contribution in [0.5, 0.6) is 0 Å². The Morgan fingerprint density at radius 2 is 2.18 bits per heavy atom. The number of nitrogens with zero attached hydrogens (tertiary/aromatic N) is 1. The average Bonchev–Trinajstić information content (AvgIpc) is 3.16. The van der Waals surface area contributed by atoms with Crippen molar-refractivity contribution in [1.29, 1.82) is 0 Å². The summed E-state index contributed by atoms with van der Waals surface area (Å²) in [6, 6.07) is 3.77. The van der Waals surface area contributed by atoms with Crippen LogP contribution >= 0.6 is 0 Å². The third-order valence-electron chi connectivity index (χ3n) is 3.85. The lowest BCUT2D eigenvalue weighted by atomic mass is 10.1. The monoisotopic (exact) mass is 306 g/mol. The van der Waals surface area contributed by atoms with E-state index in [-0.39, 0.29) is 11.8 Å². The van der Waals surface area contributed by atoms with Gasteiger partial charge in [0.1, 0.15) is 0 Å². The number of rotatable bonds is 9. The van der Waals surface area contributed by atoms with E-state index in [1.165, 1.54) is 6.26 Å². The maximum atomic E-state index is 12.3. The maximum Gasteiger partial charge on any atom is 0.286 e. The number of furan rings is 1. The van der Waals surface area contributed by atoms with Gasteiger partial charge in [-0.25, -0.2) is 0 Å². The Hall–Kier alpha value is -1.78. The van der Waals surface area contributed by atoms with Gasteiger partial charge in [-0.3, -0.25) is 9.59 Å². The molecular formula is C17H26N2O3. The van der Waals surface area contributed by atoms with Gasteiger partial charge in [-0.2, -0.15) is 0 Å². The van der Waals surface area contributed by atoms with E-state index in [1.54, 1.807) is 12.1 Å². The largest absolute Gasteiger partial charge is 0.459 e. The molecule has 0 aliphatic heterocycles. The zero-order valence-electron chi connectivity index (χ0n) is 13.5. The van der Waals surface area contributed by atoms with Crippen LogP contribution in [0.15, 0.2) is 22.8 Å². The first-order valence-corrected chi connectivity index (χ1v) is 8.19. The van der Waals surface area contributed by atoms with Crippen LogP contribution in [0.3, 0.4) is 0 Å². The van der Waals surface area contributed by atoms with E-state index in [0.717, 1.165) is 25.8 Å². The van der Waals surface area contributed by atoms with Gasteiger partial charge in [0, 0.05) is 25.6 Å². The van der Waals surface area contributed by atoms with E-state index in [1.807, 2.05) is 4.90 Å². The molecule has 0 aromatic carbocycles. The van der Waals surface area contributed by atoms with Gasteiger partial charge in [0.15, 0.2) is 5.76 Å². The van der Waals surface area contributed by atoms with Gasteiger partial charge in [0.2, 0.25) is 5.91 Å². The van der Waals surface area contributed by atoms with Crippen molar-refractivity contribution in [1.82, 2.24) is 10.2 Å². The lowest BCUT2D eigenvalue weighted by molar-refractivity contribution is -0.132. The van der Waals surface area contributed by atoms with Crippen LogP contribution in [0, 0.1) is 5.92 Å². The topological polar surface area (TPSA) is 62.6 Å². The predicted octanol–water partition coefficient (Wildman–Crippen LogP) is 2.83. The Morgan fingerprint density at radius 3 is 2.77 bits per heavy atom. The quantitative estimate of drug-likeness (QED) is 0.714. The molecule has 0 saturated heterocycles. The first kappa shape index (κ1) is 16.6. The molecule has 22 heavy (non-hydrogen) atoms.